The number of carbonyl (C=O) groups excluding carboxylic acids is 1. The fourth-order valence-electron chi connectivity index (χ4n) is 2.05. The van der Waals surface area contributed by atoms with E-state index in [1.165, 1.54) is 6.42 Å². The standard InChI is InChI=1S/C13H25N3O/c1-11(6-5-9-14)16-13(17)15-10-12-7-3-2-4-8-12/h2-3,11-12H,4-10,14H2,1H3,(H2,15,16,17). The molecule has 0 radical (unpaired) electrons. The number of allylic oxidation sites excluding steroid dienone is 2. The zero-order valence-corrected chi connectivity index (χ0v) is 10.7. The molecule has 1 aliphatic rings. The van der Waals surface area contributed by atoms with Gasteiger partial charge >= 0.3 is 6.03 Å². The zero-order valence-electron chi connectivity index (χ0n) is 10.7. The molecule has 4 nitrogen and oxygen atoms in total. The first-order valence-corrected chi connectivity index (χ1v) is 6.61. The molecule has 2 unspecified atom stereocenters. The molecule has 2 amide bonds. The Hall–Kier alpha value is -1.03. The molecule has 4 N–H and O–H groups in total. The van der Waals surface area contributed by atoms with E-state index in [2.05, 4.69) is 22.8 Å². The average Bonchev–Trinajstić information content (AvgIpc) is 2.35. The summed E-state index contributed by atoms with van der Waals surface area (Å²) in [7, 11) is 0. The van der Waals surface area contributed by atoms with Crippen molar-refractivity contribution in [3.8, 4) is 0 Å². The first-order valence-electron chi connectivity index (χ1n) is 6.61. The Morgan fingerprint density at radius 3 is 3.00 bits per heavy atom. The number of rotatable bonds is 6. The molecule has 2 atom stereocenters. The lowest BCUT2D eigenvalue weighted by atomic mass is 9.94. The van der Waals surface area contributed by atoms with Crippen molar-refractivity contribution in [3.63, 3.8) is 0 Å². The van der Waals surface area contributed by atoms with Crippen LogP contribution in [0.5, 0.6) is 0 Å². The average molecular weight is 239 g/mol. The molecule has 4 heteroatoms. The molecule has 0 aromatic carbocycles. The van der Waals surface area contributed by atoms with Crippen LogP contribution in [0.4, 0.5) is 4.79 Å². The van der Waals surface area contributed by atoms with Gasteiger partial charge in [-0.2, -0.15) is 0 Å². The van der Waals surface area contributed by atoms with Gasteiger partial charge in [0.25, 0.3) is 0 Å². The minimum atomic E-state index is -0.0518. The molecule has 0 bridgehead atoms. The monoisotopic (exact) mass is 239 g/mol. The minimum Gasteiger partial charge on any atom is -0.338 e. The van der Waals surface area contributed by atoms with E-state index in [1.807, 2.05) is 6.92 Å². The second-order valence-electron chi connectivity index (χ2n) is 4.84. The van der Waals surface area contributed by atoms with Crippen LogP contribution in [0.25, 0.3) is 0 Å². The first kappa shape index (κ1) is 14.0. The number of nitrogens with two attached hydrogens (primary N) is 1. The molecule has 0 heterocycles. The third-order valence-corrected chi connectivity index (χ3v) is 3.15. The second kappa shape index (κ2) is 8.12. The van der Waals surface area contributed by atoms with Crippen LogP contribution in [0.3, 0.4) is 0 Å². The van der Waals surface area contributed by atoms with E-state index < -0.39 is 0 Å². The maximum Gasteiger partial charge on any atom is 0.315 e. The van der Waals surface area contributed by atoms with Gasteiger partial charge < -0.3 is 16.4 Å². The lowest BCUT2D eigenvalue weighted by Gasteiger charge is -2.19. The van der Waals surface area contributed by atoms with E-state index in [4.69, 9.17) is 5.73 Å². The van der Waals surface area contributed by atoms with Gasteiger partial charge in [-0.1, -0.05) is 12.2 Å². The van der Waals surface area contributed by atoms with Crippen LogP contribution in [-0.2, 0) is 0 Å². The van der Waals surface area contributed by atoms with Crippen molar-refractivity contribution >= 4 is 6.03 Å². The van der Waals surface area contributed by atoms with E-state index >= 15 is 0 Å². The number of carbonyl (C=O) groups is 1. The molecule has 0 saturated carbocycles. The van der Waals surface area contributed by atoms with Gasteiger partial charge in [0, 0.05) is 12.6 Å². The van der Waals surface area contributed by atoms with Crippen molar-refractivity contribution in [3.05, 3.63) is 12.2 Å². The fraction of sp³-hybridized carbons (Fsp3) is 0.769. The summed E-state index contributed by atoms with van der Waals surface area (Å²) in [6.07, 6.45) is 9.72. The largest absolute Gasteiger partial charge is 0.338 e. The van der Waals surface area contributed by atoms with E-state index in [1.54, 1.807) is 0 Å². The molecule has 0 fully saturated rings. The highest BCUT2D eigenvalue weighted by Gasteiger charge is 2.12. The topological polar surface area (TPSA) is 67.1 Å². The summed E-state index contributed by atoms with van der Waals surface area (Å²) in [5.74, 6) is 0.602. The zero-order chi connectivity index (χ0) is 12.5. The number of nitrogens with one attached hydrogen (secondary N) is 2. The molecule has 1 rings (SSSR count). The van der Waals surface area contributed by atoms with Gasteiger partial charge in [0.1, 0.15) is 0 Å². The van der Waals surface area contributed by atoms with E-state index in [0.29, 0.717) is 12.5 Å². The summed E-state index contributed by atoms with van der Waals surface area (Å²) in [6.45, 7) is 3.47. The van der Waals surface area contributed by atoms with Crippen LogP contribution in [0.15, 0.2) is 12.2 Å². The SMILES string of the molecule is CC(CCCN)NC(=O)NCC1CC=CCC1. The smallest absolute Gasteiger partial charge is 0.315 e. The quantitative estimate of drug-likeness (QED) is 0.618. The third kappa shape index (κ3) is 6.31. The van der Waals surface area contributed by atoms with Crippen molar-refractivity contribution in [2.24, 2.45) is 11.7 Å². The molecule has 1 aliphatic carbocycles. The third-order valence-electron chi connectivity index (χ3n) is 3.15. The molecule has 0 spiro atoms. The first-order chi connectivity index (χ1) is 8.22. The van der Waals surface area contributed by atoms with Crippen LogP contribution in [0.1, 0.15) is 39.0 Å². The summed E-state index contributed by atoms with van der Waals surface area (Å²) >= 11 is 0. The molecule has 0 saturated heterocycles. The maximum atomic E-state index is 11.6. The summed E-state index contributed by atoms with van der Waals surface area (Å²) in [5.41, 5.74) is 5.43. The van der Waals surface area contributed by atoms with Crippen LogP contribution in [0.2, 0.25) is 0 Å². The van der Waals surface area contributed by atoms with Crippen molar-refractivity contribution < 1.29 is 4.79 Å². The Balaban J connectivity index is 2.09. The predicted octanol–water partition coefficient (Wildman–Crippen LogP) is 1.77. The Morgan fingerprint density at radius 1 is 1.53 bits per heavy atom. The number of urea groups is 1. The van der Waals surface area contributed by atoms with Crippen LogP contribution < -0.4 is 16.4 Å². The van der Waals surface area contributed by atoms with Gasteiger partial charge in [-0.05, 0) is 51.5 Å². The van der Waals surface area contributed by atoms with Crippen molar-refractivity contribution in [2.75, 3.05) is 13.1 Å². The van der Waals surface area contributed by atoms with Crippen LogP contribution >= 0.6 is 0 Å². The number of amides is 2. The Bertz CT molecular complexity index is 253. The summed E-state index contributed by atoms with van der Waals surface area (Å²) in [6, 6.07) is 0.147. The Kier molecular flexibility index (Phi) is 6.70. The van der Waals surface area contributed by atoms with Gasteiger partial charge in [0.15, 0.2) is 0 Å². The molecular formula is C13H25N3O. The van der Waals surface area contributed by atoms with Crippen molar-refractivity contribution in [1.82, 2.24) is 10.6 Å². The van der Waals surface area contributed by atoms with Gasteiger partial charge in [-0.25, -0.2) is 4.79 Å². The highest BCUT2D eigenvalue weighted by Crippen LogP contribution is 2.16. The lowest BCUT2D eigenvalue weighted by molar-refractivity contribution is 0.234. The van der Waals surface area contributed by atoms with Crippen LogP contribution in [-0.4, -0.2) is 25.2 Å². The molecule has 0 aliphatic heterocycles. The lowest BCUT2D eigenvalue weighted by Crippen LogP contribution is -2.42. The van der Waals surface area contributed by atoms with Gasteiger partial charge in [-0.15, -0.1) is 0 Å². The van der Waals surface area contributed by atoms with Crippen molar-refractivity contribution in [1.29, 1.82) is 0 Å². The summed E-state index contributed by atoms with van der Waals surface area (Å²) < 4.78 is 0. The fourth-order valence-corrected chi connectivity index (χ4v) is 2.05. The summed E-state index contributed by atoms with van der Waals surface area (Å²) in [5, 5.41) is 5.88. The van der Waals surface area contributed by atoms with Crippen molar-refractivity contribution in [2.45, 2.75) is 45.1 Å². The van der Waals surface area contributed by atoms with Gasteiger partial charge in [0.05, 0.1) is 0 Å². The van der Waals surface area contributed by atoms with Gasteiger partial charge in [-0.3, -0.25) is 0 Å². The molecule has 0 aromatic heterocycles. The predicted molar refractivity (Wildman–Crippen MR) is 70.8 cm³/mol. The highest BCUT2D eigenvalue weighted by atomic mass is 16.2. The highest BCUT2D eigenvalue weighted by molar-refractivity contribution is 5.74. The Labute approximate surface area is 104 Å². The molecular weight excluding hydrogens is 214 g/mol. The Morgan fingerprint density at radius 2 is 2.35 bits per heavy atom. The minimum absolute atomic E-state index is 0.0518. The second-order valence-corrected chi connectivity index (χ2v) is 4.84. The number of hydrogen-bond donors (Lipinski definition) is 3. The molecule has 98 valence electrons. The van der Waals surface area contributed by atoms with Crippen LogP contribution in [0, 0.1) is 5.92 Å². The molecule has 17 heavy (non-hydrogen) atoms. The van der Waals surface area contributed by atoms with Gasteiger partial charge in [0.2, 0.25) is 0 Å². The van der Waals surface area contributed by atoms with E-state index in [9.17, 15) is 4.79 Å². The number of hydrogen-bond acceptors (Lipinski definition) is 2. The summed E-state index contributed by atoms with van der Waals surface area (Å²) in [4.78, 5) is 11.6. The molecule has 0 aromatic rings. The van der Waals surface area contributed by atoms with E-state index in [0.717, 1.165) is 32.2 Å². The maximum absolute atomic E-state index is 11.6. The van der Waals surface area contributed by atoms with E-state index in [-0.39, 0.29) is 12.1 Å². The normalized spacial score (nSPS) is 20.9.